The zero-order valence-electron chi connectivity index (χ0n) is 9.35. The van der Waals surface area contributed by atoms with Crippen molar-refractivity contribution >= 4 is 21.6 Å². The molecular weight excluding hydrogens is 297 g/mol. The van der Waals surface area contributed by atoms with E-state index < -0.39 is 0 Å². The maximum absolute atomic E-state index is 13.1. The highest BCUT2D eigenvalue weighted by Crippen LogP contribution is 2.16. The van der Waals surface area contributed by atoms with Gasteiger partial charge in [-0.15, -0.1) is 10.2 Å². The molecule has 0 radical (unpaired) electrons. The number of hydrogen-bond donors (Lipinski definition) is 0. The van der Waals surface area contributed by atoms with Crippen molar-refractivity contribution in [1.29, 1.82) is 0 Å². The summed E-state index contributed by atoms with van der Waals surface area (Å²) in [7, 11) is 0. The lowest BCUT2D eigenvalue weighted by Crippen LogP contribution is -1.98. The number of hydrogen-bond acceptors (Lipinski definition) is 2. The number of pyridine rings is 1. The minimum atomic E-state index is -0.236. The summed E-state index contributed by atoms with van der Waals surface area (Å²) in [6.07, 6.45) is 0.543. The van der Waals surface area contributed by atoms with Crippen LogP contribution in [-0.2, 0) is 6.42 Å². The standard InChI is InChI=1S/C13H9BrFN3/c14-11-5-2-6-12-16-17-13(18(11)12)8-9-3-1-4-10(15)7-9/h1-7H,8H2. The molecule has 3 aromatic rings. The largest absolute Gasteiger partial charge is 0.273 e. The molecule has 3 rings (SSSR count). The molecule has 5 heteroatoms. The van der Waals surface area contributed by atoms with Gasteiger partial charge in [-0.2, -0.15) is 0 Å². The normalized spacial score (nSPS) is 11.0. The van der Waals surface area contributed by atoms with Crippen LogP contribution in [0.1, 0.15) is 11.4 Å². The molecular formula is C13H9BrFN3. The predicted molar refractivity (Wildman–Crippen MR) is 69.9 cm³/mol. The number of aromatic nitrogens is 3. The minimum Gasteiger partial charge on any atom is -0.273 e. The van der Waals surface area contributed by atoms with Crippen molar-refractivity contribution in [2.75, 3.05) is 0 Å². The summed E-state index contributed by atoms with van der Waals surface area (Å²) in [6, 6.07) is 12.2. The molecule has 0 fully saturated rings. The molecule has 1 aromatic carbocycles. The molecule has 0 amide bonds. The Morgan fingerprint density at radius 2 is 1.94 bits per heavy atom. The van der Waals surface area contributed by atoms with Crippen molar-refractivity contribution in [3.05, 3.63) is 64.3 Å². The van der Waals surface area contributed by atoms with E-state index in [4.69, 9.17) is 0 Å². The maximum Gasteiger partial charge on any atom is 0.161 e. The van der Waals surface area contributed by atoms with E-state index in [1.54, 1.807) is 6.07 Å². The van der Waals surface area contributed by atoms with Gasteiger partial charge in [0.25, 0.3) is 0 Å². The summed E-state index contributed by atoms with van der Waals surface area (Å²) in [5.74, 6) is 0.545. The van der Waals surface area contributed by atoms with Crippen LogP contribution in [0.4, 0.5) is 4.39 Å². The van der Waals surface area contributed by atoms with Gasteiger partial charge in [0.1, 0.15) is 11.6 Å². The van der Waals surface area contributed by atoms with Gasteiger partial charge < -0.3 is 0 Å². The molecule has 0 atom stereocenters. The van der Waals surface area contributed by atoms with Crippen LogP contribution in [0.25, 0.3) is 5.65 Å². The molecule has 0 bridgehead atoms. The second-order valence-corrected chi connectivity index (χ2v) is 4.78. The Bertz CT molecular complexity index is 708. The van der Waals surface area contributed by atoms with Crippen LogP contribution in [0, 0.1) is 5.82 Å². The zero-order chi connectivity index (χ0) is 12.5. The molecule has 2 aromatic heterocycles. The van der Waals surface area contributed by atoms with Gasteiger partial charge in [-0.25, -0.2) is 4.39 Å². The molecule has 0 unspecified atom stereocenters. The van der Waals surface area contributed by atoms with E-state index >= 15 is 0 Å². The van der Waals surface area contributed by atoms with Crippen molar-refractivity contribution in [2.45, 2.75) is 6.42 Å². The first-order valence-electron chi connectivity index (χ1n) is 5.47. The van der Waals surface area contributed by atoms with Gasteiger partial charge in [-0.3, -0.25) is 4.40 Å². The molecule has 0 N–H and O–H groups in total. The highest BCUT2D eigenvalue weighted by atomic mass is 79.9. The van der Waals surface area contributed by atoms with Gasteiger partial charge in [-0.1, -0.05) is 18.2 Å². The van der Waals surface area contributed by atoms with Crippen LogP contribution < -0.4 is 0 Å². The van der Waals surface area contributed by atoms with Crippen LogP contribution in [0.5, 0.6) is 0 Å². The number of fused-ring (bicyclic) bond motifs is 1. The number of benzene rings is 1. The van der Waals surface area contributed by atoms with E-state index in [-0.39, 0.29) is 5.82 Å². The Balaban J connectivity index is 2.05. The van der Waals surface area contributed by atoms with Crippen LogP contribution in [0.2, 0.25) is 0 Å². The predicted octanol–water partition coefficient (Wildman–Crippen LogP) is 3.22. The zero-order valence-corrected chi connectivity index (χ0v) is 10.9. The van der Waals surface area contributed by atoms with E-state index in [0.717, 1.165) is 21.6 Å². The van der Waals surface area contributed by atoms with Crippen molar-refractivity contribution in [3.8, 4) is 0 Å². The van der Waals surface area contributed by atoms with Gasteiger partial charge in [0.15, 0.2) is 5.65 Å². The second kappa shape index (κ2) is 4.49. The van der Waals surface area contributed by atoms with Crippen LogP contribution in [0.3, 0.4) is 0 Å². The number of halogens is 2. The van der Waals surface area contributed by atoms with E-state index in [0.29, 0.717) is 6.42 Å². The Kier molecular flexibility index (Phi) is 2.83. The van der Waals surface area contributed by atoms with E-state index in [1.165, 1.54) is 12.1 Å². The van der Waals surface area contributed by atoms with Gasteiger partial charge in [0, 0.05) is 6.42 Å². The van der Waals surface area contributed by atoms with Crippen LogP contribution >= 0.6 is 15.9 Å². The highest BCUT2D eigenvalue weighted by Gasteiger charge is 2.08. The van der Waals surface area contributed by atoms with Crippen LogP contribution in [0.15, 0.2) is 47.1 Å². The molecule has 0 saturated heterocycles. The Labute approximate surface area is 111 Å². The summed E-state index contributed by atoms with van der Waals surface area (Å²) < 4.78 is 15.9. The fraction of sp³-hybridized carbons (Fsp3) is 0.0769. The lowest BCUT2D eigenvalue weighted by atomic mass is 10.1. The fourth-order valence-electron chi connectivity index (χ4n) is 1.90. The van der Waals surface area contributed by atoms with Crippen LogP contribution in [-0.4, -0.2) is 14.6 Å². The summed E-state index contributed by atoms with van der Waals surface area (Å²) in [4.78, 5) is 0. The quantitative estimate of drug-likeness (QED) is 0.681. The molecule has 0 aliphatic heterocycles. The smallest absolute Gasteiger partial charge is 0.161 e. The third kappa shape index (κ3) is 2.01. The first kappa shape index (κ1) is 11.3. The Morgan fingerprint density at radius 1 is 1.11 bits per heavy atom. The molecule has 2 heterocycles. The summed E-state index contributed by atoms with van der Waals surface area (Å²) in [6.45, 7) is 0. The van der Waals surface area contributed by atoms with Crippen molar-refractivity contribution < 1.29 is 4.39 Å². The van der Waals surface area contributed by atoms with Crippen molar-refractivity contribution in [3.63, 3.8) is 0 Å². The van der Waals surface area contributed by atoms with Crippen molar-refractivity contribution in [2.24, 2.45) is 0 Å². The fourth-order valence-corrected chi connectivity index (χ4v) is 2.44. The third-order valence-electron chi connectivity index (χ3n) is 2.70. The van der Waals surface area contributed by atoms with Crippen molar-refractivity contribution in [1.82, 2.24) is 14.6 Å². The lowest BCUT2D eigenvalue weighted by Gasteiger charge is -2.02. The Hall–Kier alpha value is -1.75. The lowest BCUT2D eigenvalue weighted by molar-refractivity contribution is 0.625. The molecule has 0 aliphatic rings. The molecule has 18 heavy (non-hydrogen) atoms. The summed E-state index contributed by atoms with van der Waals surface area (Å²) >= 11 is 3.46. The SMILES string of the molecule is Fc1cccc(Cc2nnc3cccc(Br)n23)c1. The monoisotopic (exact) mass is 305 g/mol. The van der Waals surface area contributed by atoms with Gasteiger partial charge in [0.05, 0.1) is 4.60 Å². The third-order valence-corrected chi connectivity index (χ3v) is 3.32. The number of rotatable bonds is 2. The maximum atomic E-state index is 13.1. The number of nitrogens with zero attached hydrogens (tertiary/aromatic N) is 3. The molecule has 0 aliphatic carbocycles. The van der Waals surface area contributed by atoms with Gasteiger partial charge in [-0.05, 0) is 45.8 Å². The molecule has 3 nitrogen and oxygen atoms in total. The topological polar surface area (TPSA) is 30.2 Å². The van der Waals surface area contributed by atoms with E-state index in [1.807, 2.05) is 28.7 Å². The minimum absolute atomic E-state index is 0.236. The average molecular weight is 306 g/mol. The average Bonchev–Trinajstić information content (AvgIpc) is 2.74. The van der Waals surface area contributed by atoms with Gasteiger partial charge >= 0.3 is 0 Å². The molecule has 90 valence electrons. The second-order valence-electron chi connectivity index (χ2n) is 3.97. The first-order valence-corrected chi connectivity index (χ1v) is 6.26. The first-order chi connectivity index (χ1) is 8.74. The Morgan fingerprint density at radius 3 is 2.78 bits per heavy atom. The molecule has 0 saturated carbocycles. The van der Waals surface area contributed by atoms with E-state index in [9.17, 15) is 4.39 Å². The molecule has 0 spiro atoms. The van der Waals surface area contributed by atoms with Gasteiger partial charge in [0.2, 0.25) is 0 Å². The summed E-state index contributed by atoms with van der Waals surface area (Å²) in [5, 5.41) is 8.23. The highest BCUT2D eigenvalue weighted by molar-refractivity contribution is 9.10. The summed E-state index contributed by atoms with van der Waals surface area (Å²) in [5.41, 5.74) is 1.65. The van der Waals surface area contributed by atoms with E-state index in [2.05, 4.69) is 26.1 Å².